The first-order valence-corrected chi connectivity index (χ1v) is 6.66. The fraction of sp³-hybridized carbons (Fsp3) is 0.467. The van der Waals surface area contributed by atoms with E-state index in [9.17, 15) is 4.79 Å². The fourth-order valence-corrected chi connectivity index (χ4v) is 1.99. The third-order valence-electron chi connectivity index (χ3n) is 3.11. The van der Waals surface area contributed by atoms with Gasteiger partial charge in [-0.3, -0.25) is 4.79 Å². The quantitative estimate of drug-likeness (QED) is 0.849. The van der Waals surface area contributed by atoms with E-state index in [0.717, 1.165) is 12.0 Å². The highest BCUT2D eigenvalue weighted by atomic mass is 16.2. The molecule has 2 N–H and O–H groups in total. The standard InChI is InChI=1S/C15H21N3O/c1-3-7-14(17)15(19)18(4-2)11-13-9-6-5-8-12(13)10-16/h5-6,8-9,14H,3-4,7,11,17H2,1-2H3/t14-/m0/s1. The number of hydrogen-bond donors (Lipinski definition) is 1. The summed E-state index contributed by atoms with van der Waals surface area (Å²) in [7, 11) is 0. The third-order valence-corrected chi connectivity index (χ3v) is 3.11. The van der Waals surface area contributed by atoms with E-state index in [-0.39, 0.29) is 5.91 Å². The van der Waals surface area contributed by atoms with Gasteiger partial charge in [-0.25, -0.2) is 0 Å². The van der Waals surface area contributed by atoms with Gasteiger partial charge in [0.05, 0.1) is 17.7 Å². The molecule has 0 aromatic heterocycles. The number of hydrogen-bond acceptors (Lipinski definition) is 3. The number of nitrogens with two attached hydrogens (primary N) is 1. The monoisotopic (exact) mass is 259 g/mol. The average Bonchev–Trinajstić information content (AvgIpc) is 2.44. The normalized spacial score (nSPS) is 11.7. The lowest BCUT2D eigenvalue weighted by Gasteiger charge is -2.24. The summed E-state index contributed by atoms with van der Waals surface area (Å²) in [6.45, 7) is 4.96. The van der Waals surface area contributed by atoms with Gasteiger partial charge in [0, 0.05) is 13.1 Å². The molecular weight excluding hydrogens is 238 g/mol. The first-order chi connectivity index (χ1) is 9.13. The van der Waals surface area contributed by atoms with E-state index < -0.39 is 6.04 Å². The molecule has 19 heavy (non-hydrogen) atoms. The van der Waals surface area contributed by atoms with Gasteiger partial charge in [0.2, 0.25) is 5.91 Å². The maximum Gasteiger partial charge on any atom is 0.239 e. The number of rotatable bonds is 6. The molecule has 102 valence electrons. The Balaban J connectivity index is 2.82. The minimum atomic E-state index is -0.445. The molecule has 1 atom stereocenters. The van der Waals surface area contributed by atoms with Crippen molar-refractivity contribution in [3.63, 3.8) is 0 Å². The van der Waals surface area contributed by atoms with Crippen LogP contribution in [0.25, 0.3) is 0 Å². The molecule has 0 spiro atoms. The second kappa shape index (κ2) is 7.55. The number of likely N-dealkylation sites (N-methyl/N-ethyl adjacent to an activating group) is 1. The molecule has 0 aliphatic carbocycles. The molecule has 1 aromatic rings. The van der Waals surface area contributed by atoms with Crippen LogP contribution in [0.4, 0.5) is 0 Å². The van der Waals surface area contributed by atoms with E-state index in [4.69, 9.17) is 11.0 Å². The Morgan fingerprint density at radius 3 is 2.68 bits per heavy atom. The lowest BCUT2D eigenvalue weighted by atomic mass is 10.1. The highest BCUT2D eigenvalue weighted by Crippen LogP contribution is 2.12. The van der Waals surface area contributed by atoms with E-state index in [1.54, 1.807) is 11.0 Å². The highest BCUT2D eigenvalue weighted by molar-refractivity contribution is 5.81. The molecule has 0 bridgehead atoms. The Labute approximate surface area is 114 Å². The second-order valence-electron chi connectivity index (χ2n) is 4.52. The second-order valence-corrected chi connectivity index (χ2v) is 4.52. The molecular formula is C15H21N3O. The smallest absolute Gasteiger partial charge is 0.239 e. The van der Waals surface area contributed by atoms with Crippen molar-refractivity contribution in [3.05, 3.63) is 35.4 Å². The summed E-state index contributed by atoms with van der Waals surface area (Å²) in [6, 6.07) is 9.04. The van der Waals surface area contributed by atoms with E-state index >= 15 is 0 Å². The van der Waals surface area contributed by atoms with Gasteiger partial charge in [-0.05, 0) is 25.0 Å². The van der Waals surface area contributed by atoms with Crippen molar-refractivity contribution in [1.82, 2.24) is 4.90 Å². The molecule has 0 saturated heterocycles. The van der Waals surface area contributed by atoms with Crippen molar-refractivity contribution >= 4 is 5.91 Å². The van der Waals surface area contributed by atoms with Crippen LogP contribution in [0.5, 0.6) is 0 Å². The molecule has 1 rings (SSSR count). The van der Waals surface area contributed by atoms with Crippen molar-refractivity contribution in [3.8, 4) is 6.07 Å². The van der Waals surface area contributed by atoms with Crippen molar-refractivity contribution in [2.24, 2.45) is 5.73 Å². The van der Waals surface area contributed by atoms with Crippen LogP contribution in [0.15, 0.2) is 24.3 Å². The van der Waals surface area contributed by atoms with Crippen LogP contribution in [-0.2, 0) is 11.3 Å². The Hall–Kier alpha value is -1.86. The first-order valence-electron chi connectivity index (χ1n) is 6.66. The van der Waals surface area contributed by atoms with Crippen LogP contribution >= 0.6 is 0 Å². The van der Waals surface area contributed by atoms with Gasteiger partial charge in [-0.2, -0.15) is 5.26 Å². The lowest BCUT2D eigenvalue weighted by Crippen LogP contribution is -2.43. The van der Waals surface area contributed by atoms with Gasteiger partial charge in [0.15, 0.2) is 0 Å². The van der Waals surface area contributed by atoms with Gasteiger partial charge in [-0.1, -0.05) is 31.5 Å². The molecule has 0 saturated carbocycles. The first kappa shape index (κ1) is 15.2. The van der Waals surface area contributed by atoms with Gasteiger partial charge in [-0.15, -0.1) is 0 Å². The third kappa shape index (κ3) is 4.08. The molecule has 0 unspecified atom stereocenters. The van der Waals surface area contributed by atoms with Gasteiger partial charge in [0.1, 0.15) is 0 Å². The summed E-state index contributed by atoms with van der Waals surface area (Å²) in [4.78, 5) is 13.9. The van der Waals surface area contributed by atoms with Crippen molar-refractivity contribution < 1.29 is 4.79 Å². The van der Waals surface area contributed by atoms with Gasteiger partial charge in [0.25, 0.3) is 0 Å². The molecule has 0 aliphatic rings. The number of carbonyl (C=O) groups excluding carboxylic acids is 1. The summed E-state index contributed by atoms with van der Waals surface area (Å²) >= 11 is 0. The van der Waals surface area contributed by atoms with Crippen molar-refractivity contribution in [1.29, 1.82) is 5.26 Å². The minimum Gasteiger partial charge on any atom is -0.337 e. The van der Waals surface area contributed by atoms with Crippen LogP contribution in [-0.4, -0.2) is 23.4 Å². The Morgan fingerprint density at radius 1 is 1.42 bits per heavy atom. The number of amides is 1. The summed E-state index contributed by atoms with van der Waals surface area (Å²) in [5.74, 6) is -0.0444. The van der Waals surface area contributed by atoms with E-state index in [1.807, 2.05) is 32.0 Å². The van der Waals surface area contributed by atoms with E-state index in [2.05, 4.69) is 6.07 Å². The zero-order valence-corrected chi connectivity index (χ0v) is 11.6. The summed E-state index contributed by atoms with van der Waals surface area (Å²) in [5.41, 5.74) is 7.35. The van der Waals surface area contributed by atoms with Crippen molar-refractivity contribution in [2.75, 3.05) is 6.54 Å². The van der Waals surface area contributed by atoms with Crippen molar-refractivity contribution in [2.45, 2.75) is 39.3 Å². The summed E-state index contributed by atoms with van der Waals surface area (Å²) < 4.78 is 0. The minimum absolute atomic E-state index is 0.0444. The molecule has 0 fully saturated rings. The molecule has 1 aromatic carbocycles. The Bertz CT molecular complexity index is 465. The van der Waals surface area contributed by atoms with Crippen LogP contribution in [0.3, 0.4) is 0 Å². The zero-order chi connectivity index (χ0) is 14.3. The maximum atomic E-state index is 12.2. The molecule has 0 aliphatic heterocycles. The number of nitrogens with zero attached hydrogens (tertiary/aromatic N) is 2. The lowest BCUT2D eigenvalue weighted by molar-refractivity contribution is -0.133. The maximum absolute atomic E-state index is 12.2. The van der Waals surface area contributed by atoms with Gasteiger partial charge >= 0.3 is 0 Å². The van der Waals surface area contributed by atoms with Crippen LogP contribution in [0.1, 0.15) is 37.8 Å². The highest BCUT2D eigenvalue weighted by Gasteiger charge is 2.19. The molecule has 4 nitrogen and oxygen atoms in total. The van der Waals surface area contributed by atoms with E-state index in [0.29, 0.717) is 25.1 Å². The van der Waals surface area contributed by atoms with Crippen LogP contribution in [0, 0.1) is 11.3 Å². The van der Waals surface area contributed by atoms with E-state index in [1.165, 1.54) is 0 Å². The Morgan fingerprint density at radius 2 is 2.11 bits per heavy atom. The predicted octanol–water partition coefficient (Wildman–Crippen LogP) is 2.03. The predicted molar refractivity (Wildman–Crippen MR) is 75.1 cm³/mol. The molecule has 0 heterocycles. The molecule has 4 heteroatoms. The number of nitriles is 1. The SMILES string of the molecule is CCC[C@H](N)C(=O)N(CC)Cc1ccccc1C#N. The van der Waals surface area contributed by atoms with Crippen LogP contribution in [0.2, 0.25) is 0 Å². The summed E-state index contributed by atoms with van der Waals surface area (Å²) in [6.07, 6.45) is 1.58. The molecule has 0 radical (unpaired) electrons. The van der Waals surface area contributed by atoms with Crippen LogP contribution < -0.4 is 5.73 Å². The summed E-state index contributed by atoms with van der Waals surface area (Å²) in [5, 5.41) is 9.06. The number of carbonyl (C=O) groups is 1. The average molecular weight is 259 g/mol. The topological polar surface area (TPSA) is 70.1 Å². The zero-order valence-electron chi connectivity index (χ0n) is 11.6. The fourth-order valence-electron chi connectivity index (χ4n) is 1.99. The largest absolute Gasteiger partial charge is 0.337 e. The molecule has 1 amide bonds. The van der Waals surface area contributed by atoms with Gasteiger partial charge < -0.3 is 10.6 Å². The number of benzene rings is 1. The Kier molecular flexibility index (Phi) is 6.04.